The average molecular weight is 236 g/mol. The number of nitrogens with one attached hydrogen (secondary N) is 2. The summed E-state index contributed by atoms with van der Waals surface area (Å²) < 4.78 is 0. The van der Waals surface area contributed by atoms with Crippen molar-refractivity contribution in [2.45, 2.75) is 45.2 Å². The Kier molecular flexibility index (Phi) is 5.01. The zero-order valence-corrected chi connectivity index (χ0v) is 10.8. The van der Waals surface area contributed by atoms with E-state index in [0.29, 0.717) is 6.04 Å². The standard InChI is InChI=1S/C13H24N4/c1-2-8-17-9-3-4-12(6-10-17)14-11-13-5-7-15-16-13/h5,7,12,14H,2-4,6,8-11H2,1H3,(H,15,16). The highest BCUT2D eigenvalue weighted by Gasteiger charge is 2.15. The minimum Gasteiger partial charge on any atom is -0.308 e. The van der Waals surface area contributed by atoms with Crippen molar-refractivity contribution in [2.24, 2.45) is 0 Å². The maximum atomic E-state index is 3.97. The van der Waals surface area contributed by atoms with Crippen molar-refractivity contribution in [3.63, 3.8) is 0 Å². The largest absolute Gasteiger partial charge is 0.308 e. The molecule has 0 radical (unpaired) electrons. The van der Waals surface area contributed by atoms with Gasteiger partial charge in [0.25, 0.3) is 0 Å². The van der Waals surface area contributed by atoms with Gasteiger partial charge >= 0.3 is 0 Å². The van der Waals surface area contributed by atoms with Crippen molar-refractivity contribution in [1.82, 2.24) is 20.4 Å². The van der Waals surface area contributed by atoms with E-state index >= 15 is 0 Å². The first-order chi connectivity index (χ1) is 8.38. The van der Waals surface area contributed by atoms with Crippen molar-refractivity contribution < 1.29 is 0 Å². The molecule has 4 heteroatoms. The summed E-state index contributed by atoms with van der Waals surface area (Å²) in [4.78, 5) is 2.60. The van der Waals surface area contributed by atoms with Crippen LogP contribution in [0.4, 0.5) is 0 Å². The molecular weight excluding hydrogens is 212 g/mol. The molecule has 1 aliphatic heterocycles. The lowest BCUT2D eigenvalue weighted by molar-refractivity contribution is 0.282. The van der Waals surface area contributed by atoms with E-state index in [0.717, 1.165) is 6.54 Å². The molecule has 2 rings (SSSR count). The fourth-order valence-electron chi connectivity index (χ4n) is 2.54. The highest BCUT2D eigenvalue weighted by Crippen LogP contribution is 2.11. The van der Waals surface area contributed by atoms with E-state index in [4.69, 9.17) is 0 Å². The van der Waals surface area contributed by atoms with Gasteiger partial charge in [0.05, 0.1) is 0 Å². The van der Waals surface area contributed by atoms with Crippen LogP contribution in [0.5, 0.6) is 0 Å². The van der Waals surface area contributed by atoms with Crippen LogP contribution in [0.15, 0.2) is 12.3 Å². The molecule has 0 aliphatic carbocycles. The van der Waals surface area contributed by atoms with Crippen LogP contribution in [0.3, 0.4) is 0 Å². The van der Waals surface area contributed by atoms with Crippen molar-refractivity contribution in [1.29, 1.82) is 0 Å². The van der Waals surface area contributed by atoms with E-state index in [1.165, 1.54) is 51.0 Å². The molecule has 0 saturated carbocycles. The lowest BCUT2D eigenvalue weighted by Crippen LogP contribution is -2.31. The van der Waals surface area contributed by atoms with Gasteiger partial charge in [-0.2, -0.15) is 5.10 Å². The van der Waals surface area contributed by atoms with Gasteiger partial charge in [0.1, 0.15) is 0 Å². The van der Waals surface area contributed by atoms with Crippen LogP contribution in [0, 0.1) is 0 Å². The lowest BCUT2D eigenvalue weighted by Gasteiger charge is -2.19. The first kappa shape index (κ1) is 12.6. The number of nitrogens with zero attached hydrogens (tertiary/aromatic N) is 2. The molecular formula is C13H24N4. The number of hydrogen-bond acceptors (Lipinski definition) is 3. The normalized spacial score (nSPS) is 22.5. The Labute approximate surface area is 104 Å². The molecule has 1 aliphatic rings. The first-order valence-electron chi connectivity index (χ1n) is 6.82. The summed E-state index contributed by atoms with van der Waals surface area (Å²) in [6, 6.07) is 2.70. The molecule has 96 valence electrons. The van der Waals surface area contributed by atoms with Gasteiger partial charge in [-0.1, -0.05) is 6.92 Å². The number of aromatic nitrogens is 2. The average Bonchev–Trinajstić information content (AvgIpc) is 2.75. The molecule has 1 aromatic rings. The molecule has 0 spiro atoms. The molecule has 1 atom stereocenters. The Morgan fingerprint density at radius 1 is 1.47 bits per heavy atom. The molecule has 2 N–H and O–H groups in total. The van der Waals surface area contributed by atoms with Crippen LogP contribution in [-0.2, 0) is 6.54 Å². The van der Waals surface area contributed by atoms with Crippen molar-refractivity contribution in [3.05, 3.63) is 18.0 Å². The quantitative estimate of drug-likeness (QED) is 0.819. The number of hydrogen-bond donors (Lipinski definition) is 2. The molecule has 1 unspecified atom stereocenters. The van der Waals surface area contributed by atoms with Gasteiger partial charge in [-0.15, -0.1) is 0 Å². The third-order valence-electron chi connectivity index (χ3n) is 3.50. The lowest BCUT2D eigenvalue weighted by atomic mass is 10.1. The number of H-pyrrole nitrogens is 1. The second-order valence-electron chi connectivity index (χ2n) is 4.93. The van der Waals surface area contributed by atoms with Crippen molar-refractivity contribution in [2.75, 3.05) is 19.6 Å². The fourth-order valence-corrected chi connectivity index (χ4v) is 2.54. The number of aromatic amines is 1. The second-order valence-corrected chi connectivity index (χ2v) is 4.93. The van der Waals surface area contributed by atoms with Gasteiger partial charge in [-0.05, 0) is 51.4 Å². The van der Waals surface area contributed by atoms with Gasteiger partial charge in [-0.25, -0.2) is 0 Å². The summed E-state index contributed by atoms with van der Waals surface area (Å²) in [5.41, 5.74) is 1.18. The summed E-state index contributed by atoms with van der Waals surface area (Å²) in [6.45, 7) is 6.95. The van der Waals surface area contributed by atoms with Crippen LogP contribution in [-0.4, -0.2) is 40.8 Å². The minimum atomic E-state index is 0.667. The van der Waals surface area contributed by atoms with E-state index in [-0.39, 0.29) is 0 Å². The molecule has 0 amide bonds. The van der Waals surface area contributed by atoms with E-state index in [9.17, 15) is 0 Å². The second kappa shape index (κ2) is 6.77. The van der Waals surface area contributed by atoms with Gasteiger partial charge in [0, 0.05) is 24.5 Å². The summed E-state index contributed by atoms with van der Waals surface area (Å²) in [5, 5.41) is 10.6. The van der Waals surface area contributed by atoms with Crippen LogP contribution in [0.1, 0.15) is 38.3 Å². The SMILES string of the molecule is CCCN1CCCC(NCc2ccn[nH]2)CC1. The molecule has 1 aromatic heterocycles. The van der Waals surface area contributed by atoms with Crippen LogP contribution in [0.2, 0.25) is 0 Å². The highest BCUT2D eigenvalue weighted by atomic mass is 15.1. The summed E-state index contributed by atoms with van der Waals surface area (Å²) in [6.07, 6.45) is 6.97. The third-order valence-corrected chi connectivity index (χ3v) is 3.50. The number of likely N-dealkylation sites (tertiary alicyclic amines) is 1. The van der Waals surface area contributed by atoms with Crippen molar-refractivity contribution in [3.8, 4) is 0 Å². The van der Waals surface area contributed by atoms with E-state index in [1.807, 2.05) is 12.3 Å². The van der Waals surface area contributed by atoms with Crippen LogP contribution < -0.4 is 5.32 Å². The highest BCUT2D eigenvalue weighted by molar-refractivity contribution is 4.97. The topological polar surface area (TPSA) is 44.0 Å². The minimum absolute atomic E-state index is 0.667. The summed E-state index contributed by atoms with van der Waals surface area (Å²) in [7, 11) is 0. The van der Waals surface area contributed by atoms with Crippen molar-refractivity contribution >= 4 is 0 Å². The molecule has 0 aromatic carbocycles. The smallest absolute Gasteiger partial charge is 0.0490 e. The maximum Gasteiger partial charge on any atom is 0.0490 e. The number of rotatable bonds is 5. The maximum absolute atomic E-state index is 3.97. The predicted molar refractivity (Wildman–Crippen MR) is 69.8 cm³/mol. The zero-order chi connectivity index (χ0) is 11.9. The summed E-state index contributed by atoms with van der Waals surface area (Å²) >= 11 is 0. The van der Waals surface area contributed by atoms with E-state index < -0.39 is 0 Å². The molecule has 2 heterocycles. The Bertz CT molecular complexity index is 296. The molecule has 4 nitrogen and oxygen atoms in total. The zero-order valence-electron chi connectivity index (χ0n) is 10.8. The Morgan fingerprint density at radius 3 is 3.18 bits per heavy atom. The Morgan fingerprint density at radius 2 is 2.41 bits per heavy atom. The van der Waals surface area contributed by atoms with Gasteiger partial charge < -0.3 is 10.2 Å². The first-order valence-corrected chi connectivity index (χ1v) is 6.82. The Balaban J connectivity index is 1.71. The molecule has 1 fully saturated rings. The van der Waals surface area contributed by atoms with Crippen LogP contribution in [0.25, 0.3) is 0 Å². The van der Waals surface area contributed by atoms with E-state index in [1.54, 1.807) is 0 Å². The fraction of sp³-hybridized carbons (Fsp3) is 0.769. The Hall–Kier alpha value is -0.870. The third kappa shape index (κ3) is 4.13. The predicted octanol–water partition coefficient (Wildman–Crippen LogP) is 1.76. The molecule has 0 bridgehead atoms. The van der Waals surface area contributed by atoms with Gasteiger partial charge in [0.15, 0.2) is 0 Å². The monoisotopic (exact) mass is 236 g/mol. The molecule has 17 heavy (non-hydrogen) atoms. The van der Waals surface area contributed by atoms with E-state index in [2.05, 4.69) is 27.3 Å². The van der Waals surface area contributed by atoms with Gasteiger partial charge in [0.2, 0.25) is 0 Å². The van der Waals surface area contributed by atoms with Crippen LogP contribution >= 0.6 is 0 Å². The molecule has 1 saturated heterocycles. The van der Waals surface area contributed by atoms with Gasteiger partial charge in [-0.3, -0.25) is 5.10 Å². The summed E-state index contributed by atoms with van der Waals surface area (Å²) in [5.74, 6) is 0.